The number of hydrogen-bond donors (Lipinski definition) is 0. The largest absolute Gasteiger partial charge is 0.495 e. The van der Waals surface area contributed by atoms with Crippen LogP contribution in [0.2, 0.25) is 0 Å². The van der Waals surface area contributed by atoms with Crippen LogP contribution in [0.3, 0.4) is 0 Å². The van der Waals surface area contributed by atoms with Gasteiger partial charge in [-0.05, 0) is 44.2 Å². The average molecular weight is 400 g/mol. The highest BCUT2D eigenvalue weighted by molar-refractivity contribution is 5.84. The molecule has 6 nitrogen and oxygen atoms in total. The van der Waals surface area contributed by atoms with Crippen molar-refractivity contribution in [1.29, 1.82) is 0 Å². The molecule has 3 rings (SSSR count). The van der Waals surface area contributed by atoms with Gasteiger partial charge in [-0.3, -0.25) is 9.59 Å². The number of benzene rings is 1. The molecule has 0 saturated carbocycles. The number of nitrogens with zero attached hydrogens (tertiary/aromatic N) is 3. The quantitative estimate of drug-likeness (QED) is 0.661. The van der Waals surface area contributed by atoms with Crippen LogP contribution in [-0.2, 0) is 9.59 Å². The monoisotopic (exact) mass is 399 g/mol. The number of hydrogen-bond acceptors (Lipinski definition) is 4. The van der Waals surface area contributed by atoms with Crippen molar-refractivity contribution in [1.82, 2.24) is 9.80 Å². The zero-order valence-corrected chi connectivity index (χ0v) is 17.7. The minimum absolute atomic E-state index is 0.0255. The number of carbonyl (C=O) groups is 2. The zero-order valence-electron chi connectivity index (χ0n) is 17.7. The molecule has 2 aliphatic rings. The molecule has 0 N–H and O–H groups in total. The van der Waals surface area contributed by atoms with Crippen molar-refractivity contribution >= 4 is 17.5 Å². The van der Waals surface area contributed by atoms with E-state index in [9.17, 15) is 9.59 Å². The summed E-state index contributed by atoms with van der Waals surface area (Å²) in [5, 5.41) is 0. The maximum Gasteiger partial charge on any atom is 0.242 e. The molecule has 29 heavy (non-hydrogen) atoms. The van der Waals surface area contributed by atoms with Crippen molar-refractivity contribution in [3.05, 3.63) is 35.9 Å². The van der Waals surface area contributed by atoms with E-state index in [2.05, 4.69) is 11.0 Å². The molecule has 1 aliphatic heterocycles. The van der Waals surface area contributed by atoms with Crippen LogP contribution in [0.25, 0.3) is 0 Å². The van der Waals surface area contributed by atoms with Crippen LogP contribution >= 0.6 is 0 Å². The molecule has 0 atom stereocenters. The number of amides is 2. The molecule has 1 aromatic rings. The van der Waals surface area contributed by atoms with E-state index < -0.39 is 0 Å². The third kappa shape index (κ3) is 5.75. The molecular weight excluding hydrogens is 366 g/mol. The summed E-state index contributed by atoms with van der Waals surface area (Å²) in [7, 11) is 1.68. The fourth-order valence-electron chi connectivity index (χ4n) is 4.11. The number of allylic oxidation sites excluding steroid dienone is 1. The average Bonchev–Trinajstić information content (AvgIpc) is 2.77. The Morgan fingerprint density at radius 3 is 2.52 bits per heavy atom. The number of carbonyl (C=O) groups excluding carboxylic acids is 2. The predicted octanol–water partition coefficient (Wildman–Crippen LogP) is 3.08. The maximum absolute atomic E-state index is 12.8. The van der Waals surface area contributed by atoms with Crippen molar-refractivity contribution in [3.8, 4) is 5.75 Å². The van der Waals surface area contributed by atoms with Gasteiger partial charge in [0.25, 0.3) is 0 Å². The van der Waals surface area contributed by atoms with E-state index in [0.29, 0.717) is 19.6 Å². The first-order valence-corrected chi connectivity index (χ1v) is 10.7. The first-order chi connectivity index (χ1) is 14.1. The number of rotatable bonds is 7. The van der Waals surface area contributed by atoms with Gasteiger partial charge in [0.1, 0.15) is 5.75 Å². The van der Waals surface area contributed by atoms with Gasteiger partial charge in [-0.2, -0.15) is 0 Å². The number of piperazine rings is 1. The highest BCUT2D eigenvalue weighted by atomic mass is 16.5. The summed E-state index contributed by atoms with van der Waals surface area (Å²) >= 11 is 0. The maximum atomic E-state index is 12.8. The lowest BCUT2D eigenvalue weighted by Crippen LogP contribution is -2.51. The van der Waals surface area contributed by atoms with Gasteiger partial charge in [0.2, 0.25) is 11.8 Å². The Hall–Kier alpha value is -2.50. The second-order valence-electron chi connectivity index (χ2n) is 7.84. The minimum atomic E-state index is -0.0255. The van der Waals surface area contributed by atoms with Gasteiger partial charge >= 0.3 is 0 Å². The second kappa shape index (κ2) is 10.3. The molecule has 0 spiro atoms. The van der Waals surface area contributed by atoms with Crippen LogP contribution in [0.1, 0.15) is 39.0 Å². The van der Waals surface area contributed by atoms with Gasteiger partial charge in [-0.25, -0.2) is 0 Å². The first-order valence-electron chi connectivity index (χ1n) is 10.7. The van der Waals surface area contributed by atoms with Gasteiger partial charge in [0.15, 0.2) is 0 Å². The first kappa shape index (κ1) is 21.2. The lowest BCUT2D eigenvalue weighted by Gasteiger charge is -2.37. The van der Waals surface area contributed by atoms with Crippen LogP contribution < -0.4 is 9.64 Å². The Balaban J connectivity index is 1.51. The Bertz CT molecular complexity index is 739. The van der Waals surface area contributed by atoms with E-state index in [0.717, 1.165) is 43.8 Å². The lowest BCUT2D eigenvalue weighted by molar-refractivity contribution is -0.139. The summed E-state index contributed by atoms with van der Waals surface area (Å²) in [5.74, 6) is 0.868. The van der Waals surface area contributed by atoms with Crippen molar-refractivity contribution in [3.63, 3.8) is 0 Å². The van der Waals surface area contributed by atoms with E-state index in [4.69, 9.17) is 4.74 Å². The van der Waals surface area contributed by atoms with Crippen molar-refractivity contribution < 1.29 is 14.3 Å². The molecule has 0 aromatic heterocycles. The SMILES string of the molecule is COc1ccccc1N1CCN(C(=O)CN(CCC2=CCCCC2)C(C)=O)CC1. The Morgan fingerprint density at radius 1 is 1.10 bits per heavy atom. The normalized spacial score (nSPS) is 17.0. The second-order valence-corrected chi connectivity index (χ2v) is 7.84. The summed E-state index contributed by atoms with van der Waals surface area (Å²) in [6.45, 7) is 5.22. The Kier molecular flexibility index (Phi) is 7.55. The molecule has 0 bridgehead atoms. The Labute approximate surface area is 174 Å². The van der Waals surface area contributed by atoms with Crippen LogP contribution in [-0.4, -0.2) is 68.0 Å². The summed E-state index contributed by atoms with van der Waals surface area (Å²) in [5.41, 5.74) is 2.49. The standard InChI is InChI=1S/C23H33N3O3/c1-19(27)26(13-12-20-8-4-3-5-9-20)18-23(28)25-16-14-24(15-17-25)21-10-6-7-11-22(21)29-2/h6-8,10-11H,3-5,9,12-18H2,1-2H3. The van der Waals surface area contributed by atoms with Crippen LogP contribution in [0.4, 0.5) is 5.69 Å². The van der Waals surface area contributed by atoms with E-state index in [1.807, 2.05) is 29.2 Å². The van der Waals surface area contributed by atoms with Gasteiger partial charge in [-0.1, -0.05) is 23.8 Å². The van der Waals surface area contributed by atoms with E-state index >= 15 is 0 Å². The highest BCUT2D eigenvalue weighted by Crippen LogP contribution is 2.28. The van der Waals surface area contributed by atoms with E-state index in [1.165, 1.54) is 18.4 Å². The summed E-state index contributed by atoms with van der Waals surface area (Å²) < 4.78 is 5.46. The van der Waals surface area contributed by atoms with Crippen molar-refractivity contribution in [2.75, 3.05) is 51.3 Å². The number of ether oxygens (including phenoxy) is 1. The topological polar surface area (TPSA) is 53.1 Å². The molecule has 0 radical (unpaired) electrons. The molecular formula is C23H33N3O3. The smallest absolute Gasteiger partial charge is 0.242 e. The molecule has 0 unspecified atom stereocenters. The molecule has 6 heteroatoms. The highest BCUT2D eigenvalue weighted by Gasteiger charge is 2.25. The van der Waals surface area contributed by atoms with Gasteiger partial charge in [0, 0.05) is 39.6 Å². The summed E-state index contributed by atoms with van der Waals surface area (Å²) in [6.07, 6.45) is 7.96. The molecule has 2 amide bonds. The molecule has 1 heterocycles. The fraction of sp³-hybridized carbons (Fsp3) is 0.565. The molecule has 1 saturated heterocycles. The Morgan fingerprint density at radius 2 is 1.86 bits per heavy atom. The van der Waals surface area contributed by atoms with Gasteiger partial charge < -0.3 is 19.4 Å². The summed E-state index contributed by atoms with van der Waals surface area (Å²) in [4.78, 5) is 30.7. The van der Waals surface area contributed by atoms with Crippen LogP contribution in [0.5, 0.6) is 5.75 Å². The molecule has 1 aromatic carbocycles. The van der Waals surface area contributed by atoms with E-state index in [-0.39, 0.29) is 18.4 Å². The molecule has 1 fully saturated rings. The fourth-order valence-corrected chi connectivity index (χ4v) is 4.11. The van der Waals surface area contributed by atoms with Crippen molar-refractivity contribution in [2.45, 2.75) is 39.0 Å². The third-order valence-corrected chi connectivity index (χ3v) is 5.92. The predicted molar refractivity (Wildman–Crippen MR) is 115 cm³/mol. The zero-order chi connectivity index (χ0) is 20.6. The lowest BCUT2D eigenvalue weighted by atomic mass is 9.97. The van der Waals surface area contributed by atoms with E-state index in [1.54, 1.807) is 18.9 Å². The van der Waals surface area contributed by atoms with Crippen molar-refractivity contribution in [2.24, 2.45) is 0 Å². The molecule has 1 aliphatic carbocycles. The number of para-hydroxylation sites is 2. The van der Waals surface area contributed by atoms with Crippen LogP contribution in [0.15, 0.2) is 35.9 Å². The number of methoxy groups -OCH3 is 1. The molecule has 158 valence electrons. The van der Waals surface area contributed by atoms with Crippen LogP contribution in [0, 0.1) is 0 Å². The van der Waals surface area contributed by atoms with Gasteiger partial charge in [-0.15, -0.1) is 0 Å². The third-order valence-electron chi connectivity index (χ3n) is 5.92. The minimum Gasteiger partial charge on any atom is -0.495 e. The number of anilines is 1. The summed E-state index contributed by atoms with van der Waals surface area (Å²) in [6, 6.07) is 7.97. The van der Waals surface area contributed by atoms with Gasteiger partial charge in [0.05, 0.1) is 19.3 Å².